The number of rotatable bonds is 1. The summed E-state index contributed by atoms with van der Waals surface area (Å²) in [5.41, 5.74) is 0. The highest BCUT2D eigenvalue weighted by atomic mass is 15.1. The summed E-state index contributed by atoms with van der Waals surface area (Å²) in [5, 5.41) is 6.44. The molecule has 2 N–H and O–H groups in total. The lowest BCUT2D eigenvalue weighted by Gasteiger charge is -2.24. The Morgan fingerprint density at radius 1 is 0.857 bits per heavy atom. The minimum atomic E-state index is 1.14. The van der Waals surface area contributed by atoms with Crippen molar-refractivity contribution < 1.29 is 0 Å². The Morgan fingerprint density at radius 2 is 1.36 bits per heavy atom. The maximum Gasteiger partial charge on any atom is 0.00772 e. The Kier molecular flexibility index (Phi) is 7.01. The van der Waals surface area contributed by atoms with Crippen LogP contribution in [0.5, 0.6) is 0 Å². The van der Waals surface area contributed by atoms with Gasteiger partial charge in [-0.1, -0.05) is 13.3 Å². The molecule has 2 aliphatic heterocycles. The van der Waals surface area contributed by atoms with Crippen molar-refractivity contribution in [2.24, 2.45) is 0 Å². The van der Waals surface area contributed by atoms with Crippen LogP contribution in [0.4, 0.5) is 0 Å². The summed E-state index contributed by atoms with van der Waals surface area (Å²) in [5.74, 6) is 0. The van der Waals surface area contributed by atoms with Gasteiger partial charge < -0.3 is 15.5 Å². The van der Waals surface area contributed by atoms with Gasteiger partial charge in [0.2, 0.25) is 0 Å². The first-order valence-corrected chi connectivity index (χ1v) is 6.07. The first kappa shape index (κ1) is 12.0. The second kappa shape index (κ2) is 8.21. The van der Waals surface area contributed by atoms with E-state index in [0.717, 1.165) is 26.2 Å². The molecule has 14 heavy (non-hydrogen) atoms. The molecule has 84 valence electrons. The zero-order valence-electron chi connectivity index (χ0n) is 9.52. The van der Waals surface area contributed by atoms with Crippen LogP contribution in [0.1, 0.15) is 26.2 Å². The zero-order chi connectivity index (χ0) is 10.1. The molecule has 0 radical (unpaired) electrons. The van der Waals surface area contributed by atoms with Gasteiger partial charge in [-0.3, -0.25) is 0 Å². The smallest absolute Gasteiger partial charge is 0.00772 e. The molecule has 0 aromatic rings. The SMILES string of the molecule is C1CNCCN1.CCN1CCCCC1. The van der Waals surface area contributed by atoms with Gasteiger partial charge in [-0.05, 0) is 32.5 Å². The molecule has 0 saturated carbocycles. The minimum absolute atomic E-state index is 1.14. The van der Waals surface area contributed by atoms with Crippen LogP contribution in [0.2, 0.25) is 0 Å². The Bertz CT molecular complexity index is 106. The van der Waals surface area contributed by atoms with Crippen LogP contribution in [0.25, 0.3) is 0 Å². The molecular formula is C11H25N3. The van der Waals surface area contributed by atoms with E-state index < -0.39 is 0 Å². The molecule has 0 aliphatic carbocycles. The van der Waals surface area contributed by atoms with Crippen LogP contribution >= 0.6 is 0 Å². The highest BCUT2D eigenvalue weighted by Crippen LogP contribution is 2.06. The molecular weight excluding hydrogens is 174 g/mol. The summed E-state index contributed by atoms with van der Waals surface area (Å²) in [6.45, 7) is 10.7. The molecule has 0 unspecified atom stereocenters. The maximum absolute atomic E-state index is 3.22. The number of hydrogen-bond acceptors (Lipinski definition) is 3. The fourth-order valence-electron chi connectivity index (χ4n) is 1.88. The second-order valence-electron chi connectivity index (χ2n) is 3.99. The van der Waals surface area contributed by atoms with Crippen molar-refractivity contribution in [3.63, 3.8) is 0 Å². The van der Waals surface area contributed by atoms with E-state index >= 15 is 0 Å². The molecule has 3 nitrogen and oxygen atoms in total. The quantitative estimate of drug-likeness (QED) is 0.650. The Labute approximate surface area is 88.2 Å². The van der Waals surface area contributed by atoms with Gasteiger partial charge in [0.1, 0.15) is 0 Å². The summed E-state index contributed by atoms with van der Waals surface area (Å²) < 4.78 is 0. The van der Waals surface area contributed by atoms with Crippen LogP contribution in [-0.2, 0) is 0 Å². The summed E-state index contributed by atoms with van der Waals surface area (Å²) >= 11 is 0. The molecule has 2 aliphatic rings. The first-order chi connectivity index (χ1) is 6.93. The molecule has 2 fully saturated rings. The topological polar surface area (TPSA) is 27.3 Å². The van der Waals surface area contributed by atoms with Gasteiger partial charge >= 0.3 is 0 Å². The van der Waals surface area contributed by atoms with E-state index in [-0.39, 0.29) is 0 Å². The number of nitrogens with zero attached hydrogens (tertiary/aromatic N) is 1. The summed E-state index contributed by atoms with van der Waals surface area (Å²) in [4.78, 5) is 2.52. The third-order valence-electron chi connectivity index (χ3n) is 2.85. The van der Waals surface area contributed by atoms with E-state index in [2.05, 4.69) is 22.5 Å². The van der Waals surface area contributed by atoms with Crippen LogP contribution in [0, 0.1) is 0 Å². The van der Waals surface area contributed by atoms with Gasteiger partial charge in [-0.15, -0.1) is 0 Å². The van der Waals surface area contributed by atoms with E-state index in [4.69, 9.17) is 0 Å². The first-order valence-electron chi connectivity index (χ1n) is 6.07. The van der Waals surface area contributed by atoms with Crippen molar-refractivity contribution in [1.29, 1.82) is 0 Å². The fourth-order valence-corrected chi connectivity index (χ4v) is 1.88. The molecule has 0 atom stereocenters. The molecule has 2 saturated heterocycles. The van der Waals surface area contributed by atoms with Gasteiger partial charge in [-0.2, -0.15) is 0 Å². The van der Waals surface area contributed by atoms with Crippen molar-refractivity contribution >= 4 is 0 Å². The van der Waals surface area contributed by atoms with Crippen LogP contribution in [0.15, 0.2) is 0 Å². The number of nitrogens with one attached hydrogen (secondary N) is 2. The number of hydrogen-bond donors (Lipinski definition) is 2. The van der Waals surface area contributed by atoms with E-state index in [1.807, 2.05) is 0 Å². The lowest BCUT2D eigenvalue weighted by Crippen LogP contribution is -2.39. The van der Waals surface area contributed by atoms with Gasteiger partial charge in [0, 0.05) is 26.2 Å². The van der Waals surface area contributed by atoms with Gasteiger partial charge in [0.25, 0.3) is 0 Å². The maximum atomic E-state index is 3.22. The Hall–Kier alpha value is -0.120. The van der Waals surface area contributed by atoms with Crippen LogP contribution in [0.3, 0.4) is 0 Å². The Balaban J connectivity index is 0.000000146. The molecule has 2 rings (SSSR count). The van der Waals surface area contributed by atoms with Crippen molar-refractivity contribution in [2.45, 2.75) is 26.2 Å². The van der Waals surface area contributed by atoms with Crippen LogP contribution < -0.4 is 10.6 Å². The third-order valence-corrected chi connectivity index (χ3v) is 2.85. The fraction of sp³-hybridized carbons (Fsp3) is 1.00. The summed E-state index contributed by atoms with van der Waals surface area (Å²) in [6.07, 6.45) is 4.30. The molecule has 0 spiro atoms. The average Bonchev–Trinajstić information content (AvgIpc) is 2.33. The van der Waals surface area contributed by atoms with Gasteiger partial charge in [0.05, 0.1) is 0 Å². The highest BCUT2D eigenvalue weighted by molar-refractivity contribution is 4.61. The van der Waals surface area contributed by atoms with E-state index in [1.54, 1.807) is 0 Å². The average molecular weight is 199 g/mol. The zero-order valence-corrected chi connectivity index (χ0v) is 9.52. The summed E-state index contributed by atoms with van der Waals surface area (Å²) in [6, 6.07) is 0. The van der Waals surface area contributed by atoms with E-state index in [9.17, 15) is 0 Å². The minimum Gasteiger partial charge on any atom is -0.314 e. The Morgan fingerprint density at radius 3 is 1.64 bits per heavy atom. The standard InChI is InChI=1S/C7H15N.C4H10N2/c1-2-8-6-4-3-5-7-8;1-2-6-4-3-5-1/h2-7H2,1H3;5-6H,1-4H2. The van der Waals surface area contributed by atoms with Crippen molar-refractivity contribution in [1.82, 2.24) is 15.5 Å². The highest BCUT2D eigenvalue weighted by Gasteiger charge is 2.05. The molecule has 0 aromatic carbocycles. The third kappa shape index (κ3) is 5.58. The van der Waals surface area contributed by atoms with Gasteiger partial charge in [-0.25, -0.2) is 0 Å². The molecule has 0 amide bonds. The van der Waals surface area contributed by atoms with Gasteiger partial charge in [0.15, 0.2) is 0 Å². The normalized spacial score (nSPS) is 23.8. The molecule has 0 aromatic heterocycles. The van der Waals surface area contributed by atoms with Crippen molar-refractivity contribution in [3.05, 3.63) is 0 Å². The monoisotopic (exact) mass is 199 g/mol. The van der Waals surface area contributed by atoms with Crippen molar-refractivity contribution in [2.75, 3.05) is 45.8 Å². The lowest BCUT2D eigenvalue weighted by atomic mass is 10.1. The van der Waals surface area contributed by atoms with E-state index in [0.29, 0.717) is 0 Å². The molecule has 0 bridgehead atoms. The summed E-state index contributed by atoms with van der Waals surface area (Å²) in [7, 11) is 0. The number of piperidine rings is 1. The lowest BCUT2D eigenvalue weighted by molar-refractivity contribution is 0.240. The molecule has 2 heterocycles. The van der Waals surface area contributed by atoms with Crippen LogP contribution in [-0.4, -0.2) is 50.7 Å². The number of piperazine rings is 1. The van der Waals surface area contributed by atoms with Crippen molar-refractivity contribution in [3.8, 4) is 0 Å². The predicted molar refractivity (Wildman–Crippen MR) is 61.7 cm³/mol. The second-order valence-corrected chi connectivity index (χ2v) is 3.99. The molecule has 3 heteroatoms. The number of likely N-dealkylation sites (tertiary alicyclic amines) is 1. The largest absolute Gasteiger partial charge is 0.314 e. The predicted octanol–water partition coefficient (Wildman–Crippen LogP) is 0.671. The van der Waals surface area contributed by atoms with E-state index in [1.165, 1.54) is 38.9 Å².